The average Bonchev–Trinajstić information content (AvgIpc) is 2.80. The van der Waals surface area contributed by atoms with E-state index in [0.717, 1.165) is 31.4 Å². The summed E-state index contributed by atoms with van der Waals surface area (Å²) < 4.78 is 12.2. The maximum Gasteiger partial charge on any atom is 0.269 e. The molecule has 0 aliphatic heterocycles. The first kappa shape index (κ1) is 25.2. The fourth-order valence-corrected chi connectivity index (χ4v) is 3.99. The van der Waals surface area contributed by atoms with E-state index in [4.69, 9.17) is 9.47 Å². The molecule has 0 aliphatic carbocycles. The molecule has 3 aromatic carbocycles. The highest BCUT2D eigenvalue weighted by molar-refractivity contribution is 14.1. The molecule has 1 amide bonds. The summed E-state index contributed by atoms with van der Waals surface area (Å²) >= 11 is 2.14. The summed E-state index contributed by atoms with van der Waals surface area (Å²) in [5.74, 6) is 0.865. The number of nitrogens with zero attached hydrogens (tertiary/aromatic N) is 2. The van der Waals surface area contributed by atoms with E-state index in [1.54, 1.807) is 24.4 Å². The van der Waals surface area contributed by atoms with Gasteiger partial charge >= 0.3 is 0 Å². The maximum absolute atomic E-state index is 12.3. The van der Waals surface area contributed by atoms with Crippen molar-refractivity contribution in [1.82, 2.24) is 5.43 Å². The zero-order valence-electron chi connectivity index (χ0n) is 19.0. The number of hydrogen-bond donors (Lipinski definition) is 1. The van der Waals surface area contributed by atoms with Crippen molar-refractivity contribution in [3.8, 4) is 11.5 Å². The summed E-state index contributed by atoms with van der Waals surface area (Å²) in [6.45, 7) is 4.20. The molecule has 0 saturated carbocycles. The van der Waals surface area contributed by atoms with Crippen molar-refractivity contribution < 1.29 is 19.2 Å². The highest BCUT2D eigenvalue weighted by Gasteiger charge is 2.12. The Kier molecular flexibility index (Phi) is 8.58. The molecule has 3 aromatic rings. The van der Waals surface area contributed by atoms with Crippen LogP contribution in [0.2, 0.25) is 0 Å². The van der Waals surface area contributed by atoms with Gasteiger partial charge in [-0.1, -0.05) is 23.8 Å². The van der Waals surface area contributed by atoms with Crippen LogP contribution in [0.1, 0.15) is 27.8 Å². The monoisotopic (exact) mass is 573 g/mol. The minimum Gasteiger partial charge on any atom is -0.493 e. The third-order valence-corrected chi connectivity index (χ3v) is 5.84. The predicted octanol–water partition coefficient (Wildman–Crippen LogP) is 5.10. The van der Waals surface area contributed by atoms with E-state index in [0.29, 0.717) is 11.5 Å². The van der Waals surface area contributed by atoms with Crippen molar-refractivity contribution in [3.05, 3.63) is 96.1 Å². The summed E-state index contributed by atoms with van der Waals surface area (Å²) in [5.41, 5.74) is 7.26. The molecule has 0 radical (unpaired) electrons. The standard InChI is InChI=1S/C25H24IN3O5/c1-16-4-5-17(2)20(10-16)13-24(30)28-27-14-19-11-22(26)25(23(12-19)33-3)34-15-18-6-8-21(9-7-18)29(31)32/h4-12,14H,13,15H2,1-3H3,(H,28,30)/b27-14+. The Bertz CT molecular complexity index is 1230. The minimum absolute atomic E-state index is 0.0284. The Hall–Kier alpha value is -3.47. The van der Waals surface area contributed by atoms with Gasteiger partial charge in [0.05, 0.1) is 28.2 Å². The fraction of sp³-hybridized carbons (Fsp3) is 0.200. The van der Waals surface area contributed by atoms with E-state index in [1.807, 2.05) is 38.1 Å². The molecular weight excluding hydrogens is 549 g/mol. The van der Waals surface area contributed by atoms with Gasteiger partial charge in [-0.15, -0.1) is 0 Å². The molecule has 0 saturated heterocycles. The fourth-order valence-electron chi connectivity index (χ4n) is 3.21. The minimum atomic E-state index is -0.442. The maximum atomic E-state index is 12.3. The Morgan fingerprint density at radius 1 is 1.15 bits per heavy atom. The van der Waals surface area contributed by atoms with Gasteiger partial charge < -0.3 is 9.47 Å². The molecule has 34 heavy (non-hydrogen) atoms. The molecule has 0 fully saturated rings. The molecule has 0 atom stereocenters. The molecule has 0 spiro atoms. The number of hydrogen-bond acceptors (Lipinski definition) is 6. The topological polar surface area (TPSA) is 103 Å². The molecule has 9 heteroatoms. The molecular formula is C25H24IN3O5. The molecule has 0 aromatic heterocycles. The summed E-state index contributed by atoms with van der Waals surface area (Å²) in [7, 11) is 1.54. The molecule has 0 bridgehead atoms. The SMILES string of the molecule is COc1cc(/C=N/NC(=O)Cc2cc(C)ccc2C)cc(I)c1OCc1ccc([N+](=O)[O-])cc1. The number of halogens is 1. The zero-order valence-corrected chi connectivity index (χ0v) is 21.2. The van der Waals surface area contributed by atoms with Gasteiger partial charge in [-0.3, -0.25) is 14.9 Å². The summed E-state index contributed by atoms with van der Waals surface area (Å²) in [5, 5.41) is 14.9. The lowest BCUT2D eigenvalue weighted by Gasteiger charge is -2.13. The predicted molar refractivity (Wildman–Crippen MR) is 138 cm³/mol. The Morgan fingerprint density at radius 3 is 2.56 bits per heavy atom. The van der Waals surface area contributed by atoms with E-state index in [1.165, 1.54) is 19.2 Å². The number of carbonyl (C=O) groups is 1. The number of amides is 1. The highest BCUT2D eigenvalue weighted by Crippen LogP contribution is 2.34. The zero-order chi connectivity index (χ0) is 24.7. The van der Waals surface area contributed by atoms with Crippen LogP contribution in [0.4, 0.5) is 5.69 Å². The first-order valence-corrected chi connectivity index (χ1v) is 11.5. The van der Waals surface area contributed by atoms with Crippen molar-refractivity contribution in [3.63, 3.8) is 0 Å². The van der Waals surface area contributed by atoms with Crippen LogP contribution in [-0.4, -0.2) is 24.2 Å². The van der Waals surface area contributed by atoms with Gasteiger partial charge in [0.1, 0.15) is 6.61 Å². The largest absolute Gasteiger partial charge is 0.493 e. The molecule has 8 nitrogen and oxygen atoms in total. The van der Waals surface area contributed by atoms with Gasteiger partial charge in [0.15, 0.2) is 11.5 Å². The van der Waals surface area contributed by atoms with Gasteiger partial charge in [0, 0.05) is 12.1 Å². The first-order valence-electron chi connectivity index (χ1n) is 10.4. The number of ether oxygens (including phenoxy) is 2. The Morgan fingerprint density at radius 2 is 1.88 bits per heavy atom. The molecule has 3 rings (SSSR count). The van der Waals surface area contributed by atoms with Crippen LogP contribution in [0.5, 0.6) is 11.5 Å². The van der Waals surface area contributed by atoms with Crippen LogP contribution >= 0.6 is 22.6 Å². The lowest BCUT2D eigenvalue weighted by molar-refractivity contribution is -0.384. The van der Waals surface area contributed by atoms with Crippen molar-refractivity contribution in [2.75, 3.05) is 7.11 Å². The van der Waals surface area contributed by atoms with Crippen molar-refractivity contribution in [1.29, 1.82) is 0 Å². The van der Waals surface area contributed by atoms with E-state index < -0.39 is 4.92 Å². The number of methoxy groups -OCH3 is 1. The van der Waals surface area contributed by atoms with Gasteiger partial charge in [0.2, 0.25) is 5.91 Å². The first-order chi connectivity index (χ1) is 16.3. The second-order valence-electron chi connectivity index (χ2n) is 7.65. The molecule has 0 unspecified atom stereocenters. The van der Waals surface area contributed by atoms with Gasteiger partial charge in [0.25, 0.3) is 5.69 Å². The molecule has 176 valence electrons. The van der Waals surface area contributed by atoms with Gasteiger partial charge in [-0.2, -0.15) is 5.10 Å². The highest BCUT2D eigenvalue weighted by atomic mass is 127. The van der Waals surface area contributed by atoms with E-state index in [9.17, 15) is 14.9 Å². The van der Waals surface area contributed by atoms with Crippen molar-refractivity contribution in [2.24, 2.45) is 5.10 Å². The average molecular weight is 573 g/mol. The second kappa shape index (κ2) is 11.6. The van der Waals surface area contributed by atoms with E-state index >= 15 is 0 Å². The quantitative estimate of drug-likeness (QED) is 0.166. The number of nitro benzene ring substituents is 1. The molecule has 0 heterocycles. The number of nitro groups is 1. The van der Waals surface area contributed by atoms with Crippen LogP contribution in [-0.2, 0) is 17.8 Å². The number of non-ortho nitro benzene ring substituents is 1. The third-order valence-electron chi connectivity index (χ3n) is 5.04. The number of benzene rings is 3. The van der Waals surface area contributed by atoms with Crippen molar-refractivity contribution >= 4 is 40.4 Å². The van der Waals surface area contributed by atoms with Gasteiger partial charge in [-0.05, 0) is 83.0 Å². The number of nitrogens with one attached hydrogen (secondary N) is 1. The Labute approximate surface area is 211 Å². The van der Waals surface area contributed by atoms with E-state index in [2.05, 4.69) is 33.1 Å². The lowest BCUT2D eigenvalue weighted by Crippen LogP contribution is -2.20. The van der Waals surface area contributed by atoms with E-state index in [-0.39, 0.29) is 24.6 Å². The number of hydrazone groups is 1. The van der Waals surface area contributed by atoms with Crippen molar-refractivity contribution in [2.45, 2.75) is 26.9 Å². The summed E-state index contributed by atoms with van der Waals surface area (Å²) in [6, 6.07) is 15.8. The Balaban J connectivity index is 1.64. The third kappa shape index (κ3) is 6.77. The van der Waals surface area contributed by atoms with Crippen LogP contribution < -0.4 is 14.9 Å². The van der Waals surface area contributed by atoms with Gasteiger partial charge in [-0.25, -0.2) is 5.43 Å². The second-order valence-corrected chi connectivity index (χ2v) is 8.81. The number of carbonyl (C=O) groups excluding carboxylic acids is 1. The van der Waals surface area contributed by atoms with Crippen LogP contribution in [0.15, 0.2) is 59.7 Å². The number of rotatable bonds is 9. The van der Waals surface area contributed by atoms with Crippen LogP contribution in [0.3, 0.4) is 0 Å². The lowest BCUT2D eigenvalue weighted by atomic mass is 10.0. The summed E-state index contributed by atoms with van der Waals surface area (Å²) in [6.07, 6.45) is 1.80. The van der Waals surface area contributed by atoms with Crippen LogP contribution in [0.25, 0.3) is 0 Å². The van der Waals surface area contributed by atoms with Crippen LogP contribution in [0, 0.1) is 27.5 Å². The summed E-state index contributed by atoms with van der Waals surface area (Å²) in [4.78, 5) is 22.6. The normalized spacial score (nSPS) is 10.8. The number of aryl methyl sites for hydroxylation is 2. The molecule has 0 aliphatic rings. The molecule has 1 N–H and O–H groups in total. The smallest absolute Gasteiger partial charge is 0.269 e.